The van der Waals surface area contributed by atoms with E-state index in [1.807, 2.05) is 17.2 Å². The van der Waals surface area contributed by atoms with E-state index in [0.717, 1.165) is 62.7 Å². The minimum absolute atomic E-state index is 0.0526. The van der Waals surface area contributed by atoms with Gasteiger partial charge in [0.15, 0.2) is 0 Å². The van der Waals surface area contributed by atoms with Crippen LogP contribution in [0.4, 0.5) is 5.69 Å². The van der Waals surface area contributed by atoms with Crippen LogP contribution in [0.5, 0.6) is 0 Å². The summed E-state index contributed by atoms with van der Waals surface area (Å²) in [6.07, 6.45) is 10.4. The smallest absolute Gasteiger partial charge is 0.243 e. The highest BCUT2D eigenvalue weighted by Crippen LogP contribution is 2.49. The van der Waals surface area contributed by atoms with E-state index in [1.165, 1.54) is 6.42 Å². The predicted molar refractivity (Wildman–Crippen MR) is 102 cm³/mol. The number of carbonyl (C=O) groups is 2. The van der Waals surface area contributed by atoms with E-state index in [-0.39, 0.29) is 23.9 Å². The molecular formula is C21H28N4O2. The van der Waals surface area contributed by atoms with Gasteiger partial charge in [0.1, 0.15) is 6.04 Å². The van der Waals surface area contributed by atoms with Crippen molar-refractivity contribution in [1.82, 2.24) is 15.2 Å². The van der Waals surface area contributed by atoms with E-state index < -0.39 is 0 Å². The topological polar surface area (TPSA) is 65.5 Å². The van der Waals surface area contributed by atoms with Gasteiger partial charge in [-0.25, -0.2) is 0 Å². The van der Waals surface area contributed by atoms with Crippen LogP contribution in [0.1, 0.15) is 44.9 Å². The van der Waals surface area contributed by atoms with Gasteiger partial charge in [-0.1, -0.05) is 0 Å². The van der Waals surface area contributed by atoms with Crippen molar-refractivity contribution in [3.63, 3.8) is 0 Å². The van der Waals surface area contributed by atoms with Crippen LogP contribution >= 0.6 is 0 Å². The molecule has 4 fully saturated rings. The van der Waals surface area contributed by atoms with Crippen LogP contribution in [0.2, 0.25) is 0 Å². The lowest BCUT2D eigenvalue weighted by Gasteiger charge is -2.32. The molecule has 4 heterocycles. The van der Waals surface area contributed by atoms with Gasteiger partial charge in [0.2, 0.25) is 11.8 Å². The number of rotatable bonds is 3. The molecule has 4 aliphatic rings. The van der Waals surface area contributed by atoms with Gasteiger partial charge in [0, 0.05) is 37.8 Å². The maximum Gasteiger partial charge on any atom is 0.243 e. The van der Waals surface area contributed by atoms with E-state index >= 15 is 0 Å². The number of fused-ring (bicyclic) bond motifs is 2. The Bertz CT molecular complexity index is 724. The summed E-state index contributed by atoms with van der Waals surface area (Å²) in [5.74, 6) is 1.83. The molecule has 0 unspecified atom stereocenters. The second-order valence-corrected chi connectivity index (χ2v) is 8.73. The fraction of sp³-hybridized carbons (Fsp3) is 0.667. The number of nitrogens with one attached hydrogen (secondary N) is 1. The molecule has 1 aromatic rings. The summed E-state index contributed by atoms with van der Waals surface area (Å²) < 4.78 is 0. The maximum absolute atomic E-state index is 13.0. The van der Waals surface area contributed by atoms with E-state index in [1.54, 1.807) is 6.20 Å². The van der Waals surface area contributed by atoms with Gasteiger partial charge in [0.25, 0.3) is 0 Å². The molecule has 144 valence electrons. The van der Waals surface area contributed by atoms with Gasteiger partial charge in [-0.3, -0.25) is 14.6 Å². The predicted octanol–water partition coefficient (Wildman–Crippen LogP) is 1.96. The Morgan fingerprint density at radius 1 is 1.15 bits per heavy atom. The van der Waals surface area contributed by atoms with Crippen LogP contribution in [0, 0.1) is 11.8 Å². The number of nitrogens with zero attached hydrogens (tertiary/aromatic N) is 3. The number of anilines is 1. The standard InChI is InChI=1S/C21H28N4O2/c26-20-6-3-14-10-15(14)11-17-4-5-19(25(17)20)21(27)23-16-7-9-24(13-16)18-2-1-8-22-12-18/h1-2,8,12,14-17,19H,3-7,9-11,13H2,(H,23,27)/t14-,15+,16-,17-,19+/m1/s1. The van der Waals surface area contributed by atoms with E-state index in [9.17, 15) is 9.59 Å². The molecule has 1 saturated carbocycles. The van der Waals surface area contributed by atoms with Crippen molar-refractivity contribution in [2.24, 2.45) is 11.8 Å². The molecule has 27 heavy (non-hydrogen) atoms. The van der Waals surface area contributed by atoms with Crippen LogP contribution in [0.15, 0.2) is 24.5 Å². The van der Waals surface area contributed by atoms with Crippen LogP contribution in [0.25, 0.3) is 0 Å². The molecule has 2 amide bonds. The molecule has 1 aromatic heterocycles. The highest BCUT2D eigenvalue weighted by Gasteiger charge is 2.48. The third-order valence-electron chi connectivity index (χ3n) is 7.01. The summed E-state index contributed by atoms with van der Waals surface area (Å²) in [4.78, 5) is 34.1. The molecule has 1 aliphatic carbocycles. The lowest BCUT2D eigenvalue weighted by molar-refractivity contribution is -0.141. The summed E-state index contributed by atoms with van der Waals surface area (Å²) in [6, 6.07) is 4.18. The number of pyridine rings is 1. The van der Waals surface area contributed by atoms with Crippen molar-refractivity contribution in [2.75, 3.05) is 18.0 Å². The first kappa shape index (κ1) is 17.0. The Labute approximate surface area is 160 Å². The van der Waals surface area contributed by atoms with E-state index in [0.29, 0.717) is 12.5 Å². The lowest BCUT2D eigenvalue weighted by Crippen LogP contribution is -2.51. The molecular weight excluding hydrogens is 340 g/mol. The zero-order valence-electron chi connectivity index (χ0n) is 15.7. The third-order valence-corrected chi connectivity index (χ3v) is 7.01. The average molecular weight is 368 g/mol. The molecule has 5 rings (SSSR count). The zero-order chi connectivity index (χ0) is 18.4. The fourth-order valence-corrected chi connectivity index (χ4v) is 5.44. The SMILES string of the molecule is O=C(N[C@@H]1CCN(c2cccnc2)C1)[C@@H]1CC[C@@H]2C[C@@H]3C[C@H]3CCC(=O)N21. The van der Waals surface area contributed by atoms with Crippen molar-refractivity contribution in [3.8, 4) is 0 Å². The molecule has 0 radical (unpaired) electrons. The molecule has 1 N–H and O–H groups in total. The van der Waals surface area contributed by atoms with Crippen molar-refractivity contribution in [1.29, 1.82) is 0 Å². The van der Waals surface area contributed by atoms with Crippen LogP contribution in [0.3, 0.4) is 0 Å². The zero-order valence-corrected chi connectivity index (χ0v) is 15.7. The third kappa shape index (κ3) is 3.30. The first-order valence-corrected chi connectivity index (χ1v) is 10.5. The minimum Gasteiger partial charge on any atom is -0.368 e. The maximum atomic E-state index is 13.0. The normalized spacial score (nSPS) is 35.3. The number of carbonyl (C=O) groups excluding carboxylic acids is 2. The quantitative estimate of drug-likeness (QED) is 0.886. The van der Waals surface area contributed by atoms with Crippen LogP contribution < -0.4 is 10.2 Å². The van der Waals surface area contributed by atoms with Gasteiger partial charge in [0.05, 0.1) is 11.9 Å². The number of aromatic nitrogens is 1. The number of amides is 2. The van der Waals surface area contributed by atoms with E-state index in [2.05, 4.69) is 21.3 Å². The summed E-state index contributed by atoms with van der Waals surface area (Å²) in [5.41, 5.74) is 1.10. The summed E-state index contributed by atoms with van der Waals surface area (Å²) in [6.45, 7) is 1.74. The van der Waals surface area contributed by atoms with Crippen molar-refractivity contribution >= 4 is 17.5 Å². The summed E-state index contributed by atoms with van der Waals surface area (Å²) >= 11 is 0. The summed E-state index contributed by atoms with van der Waals surface area (Å²) in [5, 5.41) is 3.24. The van der Waals surface area contributed by atoms with Crippen molar-refractivity contribution < 1.29 is 9.59 Å². The fourth-order valence-electron chi connectivity index (χ4n) is 5.44. The highest BCUT2D eigenvalue weighted by atomic mass is 16.2. The second kappa shape index (κ2) is 6.80. The Kier molecular flexibility index (Phi) is 4.29. The lowest BCUT2D eigenvalue weighted by atomic mass is 10.0. The molecule has 0 bridgehead atoms. The Morgan fingerprint density at radius 3 is 2.93 bits per heavy atom. The summed E-state index contributed by atoms with van der Waals surface area (Å²) in [7, 11) is 0. The highest BCUT2D eigenvalue weighted by molar-refractivity contribution is 5.89. The molecule has 6 heteroatoms. The number of hydrogen-bond donors (Lipinski definition) is 1. The van der Waals surface area contributed by atoms with Gasteiger partial charge < -0.3 is 15.1 Å². The van der Waals surface area contributed by atoms with E-state index in [4.69, 9.17) is 0 Å². The Morgan fingerprint density at radius 2 is 2.07 bits per heavy atom. The molecule has 0 aromatic carbocycles. The van der Waals surface area contributed by atoms with Gasteiger partial charge in [-0.2, -0.15) is 0 Å². The monoisotopic (exact) mass is 368 g/mol. The van der Waals surface area contributed by atoms with Crippen LogP contribution in [-0.2, 0) is 9.59 Å². The van der Waals surface area contributed by atoms with Crippen LogP contribution in [-0.4, -0.2) is 52.9 Å². The average Bonchev–Trinajstić information content (AvgIpc) is 3.05. The number of hydrogen-bond acceptors (Lipinski definition) is 4. The molecule has 5 atom stereocenters. The van der Waals surface area contributed by atoms with Crippen molar-refractivity contribution in [2.45, 2.75) is 63.1 Å². The largest absolute Gasteiger partial charge is 0.368 e. The Hall–Kier alpha value is -2.11. The van der Waals surface area contributed by atoms with Gasteiger partial charge in [-0.05, 0) is 62.5 Å². The van der Waals surface area contributed by atoms with Gasteiger partial charge >= 0.3 is 0 Å². The first-order chi connectivity index (χ1) is 13.2. The minimum atomic E-state index is -0.259. The first-order valence-electron chi connectivity index (χ1n) is 10.5. The molecule has 6 nitrogen and oxygen atoms in total. The Balaban J connectivity index is 1.22. The molecule has 3 aliphatic heterocycles. The van der Waals surface area contributed by atoms with Crippen molar-refractivity contribution in [3.05, 3.63) is 24.5 Å². The molecule has 0 spiro atoms. The molecule has 3 saturated heterocycles. The second-order valence-electron chi connectivity index (χ2n) is 8.73. The van der Waals surface area contributed by atoms with Gasteiger partial charge in [-0.15, -0.1) is 0 Å².